The van der Waals surface area contributed by atoms with Gasteiger partial charge in [-0.3, -0.25) is 0 Å². The Kier molecular flexibility index (Phi) is 4.59. The average molecular weight is 196 g/mol. The fraction of sp³-hybridized carbons (Fsp3) is 0.800. The summed E-state index contributed by atoms with van der Waals surface area (Å²) in [5.41, 5.74) is 0. The molecule has 0 saturated carbocycles. The van der Waals surface area contributed by atoms with E-state index in [0.717, 1.165) is 31.8 Å². The van der Waals surface area contributed by atoms with Crippen LogP contribution in [0.25, 0.3) is 0 Å². The fourth-order valence-electron chi connectivity index (χ4n) is 1.47. The largest absolute Gasteiger partial charge is 0.310 e. The van der Waals surface area contributed by atoms with Crippen LogP contribution in [0.3, 0.4) is 0 Å². The predicted molar refractivity (Wildman–Crippen MR) is 57.0 cm³/mol. The van der Waals surface area contributed by atoms with Crippen LogP contribution in [0.2, 0.25) is 0 Å². The molecule has 4 nitrogen and oxygen atoms in total. The topological polar surface area (TPSA) is 42.7 Å². The van der Waals surface area contributed by atoms with Crippen molar-refractivity contribution in [3.05, 3.63) is 12.2 Å². The van der Waals surface area contributed by atoms with E-state index in [1.807, 2.05) is 11.0 Å². The maximum atomic E-state index is 4.43. The highest BCUT2D eigenvalue weighted by molar-refractivity contribution is 4.82. The Morgan fingerprint density at radius 1 is 1.36 bits per heavy atom. The highest BCUT2D eigenvalue weighted by atomic mass is 15.3. The van der Waals surface area contributed by atoms with Crippen molar-refractivity contribution in [2.24, 2.45) is 0 Å². The first-order chi connectivity index (χ1) is 6.81. The van der Waals surface area contributed by atoms with Gasteiger partial charge >= 0.3 is 0 Å². The number of hydrogen-bond acceptors (Lipinski definition) is 3. The van der Waals surface area contributed by atoms with Gasteiger partial charge in [-0.05, 0) is 19.4 Å². The lowest BCUT2D eigenvalue weighted by Gasteiger charge is -2.11. The second-order valence-corrected chi connectivity index (χ2v) is 3.39. The van der Waals surface area contributed by atoms with Crippen molar-refractivity contribution in [2.75, 3.05) is 6.54 Å². The Labute approximate surface area is 85.7 Å². The van der Waals surface area contributed by atoms with Gasteiger partial charge in [-0.15, -0.1) is 0 Å². The Bertz CT molecular complexity index is 252. The minimum absolute atomic E-state index is 0.498. The number of nitrogens with zero attached hydrogens (tertiary/aromatic N) is 3. The molecule has 0 radical (unpaired) electrons. The molecular formula is C10H20N4. The molecule has 0 aromatic carbocycles. The molecule has 1 aromatic heterocycles. The van der Waals surface area contributed by atoms with Gasteiger partial charge in [0.25, 0.3) is 0 Å². The van der Waals surface area contributed by atoms with Crippen LogP contribution < -0.4 is 5.32 Å². The second-order valence-electron chi connectivity index (χ2n) is 3.39. The van der Waals surface area contributed by atoms with E-state index in [1.54, 1.807) is 0 Å². The molecule has 4 heteroatoms. The van der Waals surface area contributed by atoms with Crippen molar-refractivity contribution < 1.29 is 0 Å². The van der Waals surface area contributed by atoms with Crippen LogP contribution in [-0.2, 0) is 6.54 Å². The Morgan fingerprint density at radius 2 is 2.07 bits per heavy atom. The molecule has 0 bridgehead atoms. The van der Waals surface area contributed by atoms with Gasteiger partial charge in [0.15, 0.2) is 5.82 Å². The molecule has 0 fully saturated rings. The molecule has 14 heavy (non-hydrogen) atoms. The second kappa shape index (κ2) is 5.75. The molecular weight excluding hydrogens is 176 g/mol. The lowest BCUT2D eigenvalue weighted by molar-refractivity contribution is 0.424. The summed E-state index contributed by atoms with van der Waals surface area (Å²) in [6, 6.07) is 0.498. The molecule has 1 heterocycles. The molecule has 80 valence electrons. The molecule has 0 unspecified atom stereocenters. The smallest absolute Gasteiger partial charge is 0.164 e. The van der Waals surface area contributed by atoms with Crippen molar-refractivity contribution in [2.45, 2.75) is 46.2 Å². The molecule has 0 aliphatic carbocycles. The number of nitrogens with one attached hydrogen (secondary N) is 1. The average Bonchev–Trinajstić information content (AvgIpc) is 2.65. The molecule has 0 amide bonds. The summed E-state index contributed by atoms with van der Waals surface area (Å²) in [6.45, 7) is 8.17. The SMILES string of the molecule is CCNCc1ncn(C(CC)CC)n1. The molecule has 0 aliphatic heterocycles. The van der Waals surface area contributed by atoms with Crippen LogP contribution in [0.1, 0.15) is 45.5 Å². The van der Waals surface area contributed by atoms with Gasteiger partial charge in [-0.2, -0.15) is 5.10 Å². The Balaban J connectivity index is 2.57. The van der Waals surface area contributed by atoms with Crippen molar-refractivity contribution in [1.29, 1.82) is 0 Å². The molecule has 0 atom stereocenters. The van der Waals surface area contributed by atoms with Gasteiger partial charge in [-0.1, -0.05) is 20.8 Å². The van der Waals surface area contributed by atoms with E-state index in [0.29, 0.717) is 6.04 Å². The van der Waals surface area contributed by atoms with Gasteiger partial charge in [0, 0.05) is 0 Å². The highest BCUT2D eigenvalue weighted by Gasteiger charge is 2.08. The zero-order valence-electron chi connectivity index (χ0n) is 9.32. The van der Waals surface area contributed by atoms with Crippen molar-refractivity contribution in [3.63, 3.8) is 0 Å². The van der Waals surface area contributed by atoms with Crippen molar-refractivity contribution >= 4 is 0 Å². The van der Waals surface area contributed by atoms with Crippen LogP contribution in [-0.4, -0.2) is 21.3 Å². The summed E-state index contributed by atoms with van der Waals surface area (Å²) >= 11 is 0. The summed E-state index contributed by atoms with van der Waals surface area (Å²) in [7, 11) is 0. The van der Waals surface area contributed by atoms with Crippen LogP contribution in [0.5, 0.6) is 0 Å². The van der Waals surface area contributed by atoms with Gasteiger partial charge in [-0.25, -0.2) is 9.67 Å². The monoisotopic (exact) mass is 196 g/mol. The number of aromatic nitrogens is 3. The summed E-state index contributed by atoms with van der Waals surface area (Å²) in [4.78, 5) is 4.26. The van der Waals surface area contributed by atoms with E-state index in [2.05, 4.69) is 36.2 Å². The zero-order valence-corrected chi connectivity index (χ0v) is 9.32. The maximum Gasteiger partial charge on any atom is 0.164 e. The van der Waals surface area contributed by atoms with Gasteiger partial charge in [0.05, 0.1) is 12.6 Å². The van der Waals surface area contributed by atoms with Crippen LogP contribution >= 0.6 is 0 Å². The van der Waals surface area contributed by atoms with E-state index < -0.39 is 0 Å². The fourth-order valence-corrected chi connectivity index (χ4v) is 1.47. The molecule has 0 spiro atoms. The van der Waals surface area contributed by atoms with E-state index in [-0.39, 0.29) is 0 Å². The van der Waals surface area contributed by atoms with Crippen LogP contribution in [0.4, 0.5) is 0 Å². The minimum atomic E-state index is 0.498. The third kappa shape index (κ3) is 2.80. The molecule has 1 rings (SSSR count). The van der Waals surface area contributed by atoms with Crippen molar-refractivity contribution in [3.8, 4) is 0 Å². The van der Waals surface area contributed by atoms with E-state index in [1.165, 1.54) is 0 Å². The van der Waals surface area contributed by atoms with E-state index in [4.69, 9.17) is 0 Å². The zero-order chi connectivity index (χ0) is 10.4. The lowest BCUT2D eigenvalue weighted by atomic mass is 10.2. The Hall–Kier alpha value is -0.900. The molecule has 0 saturated heterocycles. The maximum absolute atomic E-state index is 4.43. The quantitative estimate of drug-likeness (QED) is 0.753. The van der Waals surface area contributed by atoms with Gasteiger partial charge < -0.3 is 5.32 Å². The normalized spacial score (nSPS) is 11.1. The van der Waals surface area contributed by atoms with Crippen molar-refractivity contribution in [1.82, 2.24) is 20.1 Å². The van der Waals surface area contributed by atoms with Gasteiger partial charge in [0.1, 0.15) is 6.33 Å². The molecule has 1 aromatic rings. The Morgan fingerprint density at radius 3 is 2.64 bits per heavy atom. The highest BCUT2D eigenvalue weighted by Crippen LogP contribution is 2.12. The lowest BCUT2D eigenvalue weighted by Crippen LogP contribution is -2.14. The first-order valence-corrected chi connectivity index (χ1v) is 5.42. The summed E-state index contributed by atoms with van der Waals surface area (Å²) in [5.74, 6) is 0.888. The summed E-state index contributed by atoms with van der Waals surface area (Å²) in [6.07, 6.45) is 4.06. The predicted octanol–water partition coefficient (Wildman–Crippen LogP) is 1.75. The van der Waals surface area contributed by atoms with Crippen LogP contribution in [0, 0.1) is 0 Å². The minimum Gasteiger partial charge on any atom is -0.310 e. The molecule has 0 aliphatic rings. The number of rotatable bonds is 6. The van der Waals surface area contributed by atoms with Gasteiger partial charge in [0.2, 0.25) is 0 Å². The van der Waals surface area contributed by atoms with E-state index >= 15 is 0 Å². The standard InChI is InChI=1S/C10H20N4/c1-4-9(5-2)14-8-12-10(13-14)7-11-6-3/h8-9,11H,4-7H2,1-3H3. The summed E-state index contributed by atoms with van der Waals surface area (Å²) < 4.78 is 1.98. The number of hydrogen-bond donors (Lipinski definition) is 1. The van der Waals surface area contributed by atoms with Crippen LogP contribution in [0.15, 0.2) is 6.33 Å². The third-order valence-corrected chi connectivity index (χ3v) is 2.41. The summed E-state index contributed by atoms with van der Waals surface area (Å²) in [5, 5.41) is 7.65. The molecule has 1 N–H and O–H groups in total. The first kappa shape index (κ1) is 11.2. The first-order valence-electron chi connectivity index (χ1n) is 5.42. The third-order valence-electron chi connectivity index (χ3n) is 2.41. The van der Waals surface area contributed by atoms with E-state index in [9.17, 15) is 0 Å².